The van der Waals surface area contributed by atoms with Gasteiger partial charge in [0, 0.05) is 0 Å². The second kappa shape index (κ2) is 2.35. The third kappa shape index (κ3) is 1.14. The van der Waals surface area contributed by atoms with E-state index in [1.807, 2.05) is 5.10 Å². The van der Waals surface area contributed by atoms with Crippen molar-refractivity contribution in [1.82, 2.24) is 10.2 Å². The summed E-state index contributed by atoms with van der Waals surface area (Å²) < 4.78 is 34.7. The molecule has 5 nitrogen and oxygen atoms in total. The highest BCUT2D eigenvalue weighted by Gasteiger charge is 2.16. The smallest absolute Gasteiger partial charge is 0.265 e. The van der Waals surface area contributed by atoms with Crippen molar-refractivity contribution in [3.05, 3.63) is 12.3 Å². The number of aromatic amines is 1. The highest BCUT2D eigenvalue weighted by atomic mass is 32.2. The van der Waals surface area contributed by atoms with Crippen molar-refractivity contribution in [2.75, 3.05) is 0 Å². The van der Waals surface area contributed by atoms with Gasteiger partial charge in [-0.05, 0) is 10.6 Å². The van der Waals surface area contributed by atoms with Crippen molar-refractivity contribution in [2.24, 2.45) is 0 Å². The summed E-state index contributed by atoms with van der Waals surface area (Å²) in [5.74, 6) is 0. The number of hydrogen-bond donors (Lipinski definition) is 1. The molecule has 1 rings (SSSR count). The predicted octanol–water partition coefficient (Wildman–Crippen LogP) is -0.000500. The van der Waals surface area contributed by atoms with Crippen LogP contribution in [0.15, 0.2) is 17.3 Å². The van der Waals surface area contributed by atoms with Gasteiger partial charge in [0.25, 0.3) is 0 Å². The Morgan fingerprint density at radius 3 is 2.80 bits per heavy atom. The average Bonchev–Trinajstić information content (AvgIpc) is 2.38. The Kier molecular flexibility index (Phi) is 1.68. The Bertz CT molecular complexity index is 292. The number of nitrogens with one attached hydrogen (secondary N) is 1. The predicted molar refractivity (Wildman–Crippen MR) is 28.0 cm³/mol. The number of rotatable bonds is 2. The third-order valence-corrected chi connectivity index (χ3v) is 1.76. The zero-order valence-electron chi connectivity index (χ0n) is 4.61. The molecule has 1 aromatic heterocycles. The molecule has 0 saturated carbocycles. The van der Waals surface area contributed by atoms with E-state index in [9.17, 15) is 12.9 Å². The monoisotopic (exact) mass is 166 g/mol. The molecule has 0 radical (unpaired) electrons. The highest BCUT2D eigenvalue weighted by molar-refractivity contribution is 7.86. The van der Waals surface area contributed by atoms with E-state index in [1.165, 1.54) is 6.20 Å². The van der Waals surface area contributed by atoms with Gasteiger partial charge in [-0.25, -0.2) is 0 Å². The normalized spacial score (nSPS) is 11.7. The van der Waals surface area contributed by atoms with Gasteiger partial charge in [-0.15, -0.1) is 0 Å². The number of hydrogen-bond acceptors (Lipinski definition) is 4. The van der Waals surface area contributed by atoms with Crippen molar-refractivity contribution >= 4 is 10.1 Å². The summed E-state index contributed by atoms with van der Waals surface area (Å²) in [6.07, 6.45) is 1.17. The largest absolute Gasteiger partial charge is 0.344 e. The first-order chi connectivity index (χ1) is 4.67. The average molecular weight is 166 g/mol. The zero-order chi connectivity index (χ0) is 7.61. The summed E-state index contributed by atoms with van der Waals surface area (Å²) in [5, 5.41) is 4.90. The summed E-state index contributed by atoms with van der Waals surface area (Å²) in [7, 11) is -4.24. The fourth-order valence-corrected chi connectivity index (χ4v) is 0.876. The third-order valence-electron chi connectivity index (χ3n) is 0.827. The fourth-order valence-electron chi connectivity index (χ4n) is 0.416. The van der Waals surface area contributed by atoms with Gasteiger partial charge in [0.1, 0.15) is 0 Å². The molecule has 10 heavy (non-hydrogen) atoms. The number of halogens is 1. The summed E-state index contributed by atoms with van der Waals surface area (Å²) in [5.41, 5.74) is 0. The first-order valence-electron chi connectivity index (χ1n) is 2.21. The number of nitrogens with zero attached hydrogens (tertiary/aromatic N) is 1. The van der Waals surface area contributed by atoms with Gasteiger partial charge in [0.2, 0.25) is 0 Å². The molecule has 0 unspecified atom stereocenters. The van der Waals surface area contributed by atoms with Crippen LogP contribution in [0.2, 0.25) is 0 Å². The minimum absolute atomic E-state index is 0.407. The molecule has 56 valence electrons. The van der Waals surface area contributed by atoms with Gasteiger partial charge in [0.15, 0.2) is 5.03 Å². The Hall–Kier alpha value is -0.950. The second-order valence-electron chi connectivity index (χ2n) is 1.44. The van der Waals surface area contributed by atoms with Gasteiger partial charge in [0.05, 0.1) is 6.20 Å². The molecule has 0 spiro atoms. The molecule has 0 atom stereocenters. The van der Waals surface area contributed by atoms with Gasteiger partial charge in [-0.1, -0.05) is 4.39 Å². The van der Waals surface area contributed by atoms with E-state index in [0.717, 1.165) is 6.07 Å². The molecule has 0 aliphatic rings. The zero-order valence-corrected chi connectivity index (χ0v) is 5.43. The van der Waals surface area contributed by atoms with Gasteiger partial charge >= 0.3 is 10.1 Å². The van der Waals surface area contributed by atoms with E-state index in [0.29, 0.717) is 0 Å². The van der Waals surface area contributed by atoms with Crippen molar-refractivity contribution in [3.63, 3.8) is 0 Å². The molecule has 0 amide bonds. The lowest BCUT2D eigenvalue weighted by atomic mass is 10.8. The lowest BCUT2D eigenvalue weighted by Crippen LogP contribution is -2.00. The number of H-pyrrole nitrogens is 1. The first kappa shape index (κ1) is 7.16. The minimum atomic E-state index is -4.24. The maximum Gasteiger partial charge on any atom is 0.344 e. The van der Waals surface area contributed by atoms with Crippen LogP contribution >= 0.6 is 0 Å². The molecule has 0 bridgehead atoms. The molecule has 0 aromatic carbocycles. The van der Waals surface area contributed by atoms with Crippen LogP contribution in [-0.2, 0) is 14.5 Å². The van der Waals surface area contributed by atoms with Gasteiger partial charge in [-0.3, -0.25) is 5.10 Å². The van der Waals surface area contributed by atoms with E-state index in [4.69, 9.17) is 0 Å². The minimum Gasteiger partial charge on any atom is -0.265 e. The van der Waals surface area contributed by atoms with Crippen LogP contribution < -0.4 is 0 Å². The molecule has 1 aromatic rings. The van der Waals surface area contributed by atoms with E-state index < -0.39 is 15.1 Å². The van der Waals surface area contributed by atoms with E-state index >= 15 is 0 Å². The van der Waals surface area contributed by atoms with Crippen LogP contribution in [0.4, 0.5) is 4.53 Å². The fraction of sp³-hybridized carbons (Fsp3) is 0. The van der Waals surface area contributed by atoms with Crippen LogP contribution in [0, 0.1) is 0 Å². The van der Waals surface area contributed by atoms with E-state index in [-0.39, 0.29) is 0 Å². The Balaban J connectivity index is 3.09. The summed E-state index contributed by atoms with van der Waals surface area (Å²) in [6.45, 7) is 0. The lowest BCUT2D eigenvalue weighted by molar-refractivity contribution is 0.00242. The van der Waals surface area contributed by atoms with Crippen molar-refractivity contribution in [3.8, 4) is 0 Å². The molecular formula is C3H3FN2O3S. The molecule has 0 aliphatic carbocycles. The molecule has 0 aliphatic heterocycles. The Morgan fingerprint density at radius 2 is 2.40 bits per heavy atom. The second-order valence-corrected chi connectivity index (χ2v) is 2.91. The van der Waals surface area contributed by atoms with Crippen molar-refractivity contribution in [2.45, 2.75) is 5.03 Å². The van der Waals surface area contributed by atoms with Crippen LogP contribution in [0.5, 0.6) is 0 Å². The van der Waals surface area contributed by atoms with Crippen LogP contribution in [0.1, 0.15) is 0 Å². The van der Waals surface area contributed by atoms with Gasteiger partial charge < -0.3 is 0 Å². The van der Waals surface area contributed by atoms with E-state index in [2.05, 4.69) is 9.49 Å². The summed E-state index contributed by atoms with van der Waals surface area (Å²) in [4.78, 5) is 0. The summed E-state index contributed by atoms with van der Waals surface area (Å²) >= 11 is 0. The van der Waals surface area contributed by atoms with Crippen molar-refractivity contribution in [1.29, 1.82) is 0 Å². The number of aromatic nitrogens is 2. The lowest BCUT2D eigenvalue weighted by Gasteiger charge is -1.88. The quantitative estimate of drug-likeness (QED) is 0.671. The molecule has 0 saturated heterocycles. The molecule has 1 N–H and O–H groups in total. The molecule has 7 heteroatoms. The molecular weight excluding hydrogens is 163 g/mol. The van der Waals surface area contributed by atoms with Gasteiger partial charge in [-0.2, -0.15) is 13.5 Å². The topological polar surface area (TPSA) is 72.1 Å². The Morgan fingerprint density at radius 1 is 1.70 bits per heavy atom. The summed E-state index contributed by atoms with van der Waals surface area (Å²) in [6, 6.07) is 1.08. The van der Waals surface area contributed by atoms with Crippen LogP contribution in [0.25, 0.3) is 0 Å². The van der Waals surface area contributed by atoms with Crippen molar-refractivity contribution < 1.29 is 17.3 Å². The molecule has 0 fully saturated rings. The maximum atomic E-state index is 11.2. The standard InChI is InChI=1S/C3H3FN2O3S/c4-9-10(7,8)3-1-2-5-6-3/h1-2H,(H,5,6). The highest BCUT2D eigenvalue weighted by Crippen LogP contribution is 2.06. The molecule has 1 heterocycles. The Labute approximate surface area is 55.8 Å². The van der Waals surface area contributed by atoms with Crippen LogP contribution in [-0.4, -0.2) is 18.6 Å². The van der Waals surface area contributed by atoms with Crippen LogP contribution in [0.3, 0.4) is 0 Å². The van der Waals surface area contributed by atoms with E-state index in [1.54, 1.807) is 0 Å². The SMILES string of the molecule is O=S(=O)(OF)c1ccn[nH]1. The first-order valence-corrected chi connectivity index (χ1v) is 3.62. The maximum absolute atomic E-state index is 11.2.